The number of thiophene rings is 1. The molecule has 1 aromatic carbocycles. The summed E-state index contributed by atoms with van der Waals surface area (Å²) in [5.74, 6) is 0.769. The lowest BCUT2D eigenvalue weighted by atomic mass is 9.48. The number of benzene rings is 1. The molecule has 0 radical (unpaired) electrons. The maximum absolute atomic E-state index is 6.82. The summed E-state index contributed by atoms with van der Waals surface area (Å²) in [4.78, 5) is 19.5. The Kier molecular flexibility index (Phi) is 6.02. The van der Waals surface area contributed by atoms with Gasteiger partial charge in [-0.25, -0.2) is 0 Å². The van der Waals surface area contributed by atoms with Gasteiger partial charge in [-0.2, -0.15) is 0 Å². The van der Waals surface area contributed by atoms with Gasteiger partial charge in [0.2, 0.25) is 0 Å². The topological polar surface area (TPSA) is 76.8 Å². The number of nitrogens with zero attached hydrogens (tertiary/aromatic N) is 3. The summed E-state index contributed by atoms with van der Waals surface area (Å²) in [5, 5.41) is 3.31. The summed E-state index contributed by atoms with van der Waals surface area (Å²) in [6.07, 6.45) is 15.1. The highest BCUT2D eigenvalue weighted by Crippen LogP contribution is 2.66. The lowest BCUT2D eigenvalue weighted by Crippen LogP contribution is -2.59. The second-order valence-electron chi connectivity index (χ2n) is 10.8. The van der Waals surface area contributed by atoms with Gasteiger partial charge in [0.25, 0.3) is 0 Å². The van der Waals surface area contributed by atoms with Crippen molar-refractivity contribution in [1.29, 1.82) is 0 Å². The van der Waals surface area contributed by atoms with Crippen molar-refractivity contribution in [3.8, 4) is 0 Å². The van der Waals surface area contributed by atoms with Crippen LogP contribution < -0.4 is 0 Å². The zero-order chi connectivity index (χ0) is 28.0. The molecule has 1 N–H and O–H groups in total. The van der Waals surface area contributed by atoms with E-state index in [1.165, 1.54) is 4.88 Å². The number of para-hydroxylation sites is 1. The molecular formula is C35H28N4O2S. The highest BCUT2D eigenvalue weighted by molar-refractivity contribution is 7.10. The lowest BCUT2D eigenvalue weighted by Gasteiger charge is -2.55. The van der Waals surface area contributed by atoms with Gasteiger partial charge < -0.3 is 14.1 Å². The molecule has 1 saturated heterocycles. The van der Waals surface area contributed by atoms with Crippen LogP contribution in [0.5, 0.6) is 0 Å². The minimum atomic E-state index is -0.972. The molecule has 6 nitrogen and oxygen atoms in total. The van der Waals surface area contributed by atoms with Crippen LogP contribution in [0.25, 0.3) is 22.0 Å². The van der Waals surface area contributed by atoms with Crippen LogP contribution in [0.3, 0.4) is 0 Å². The zero-order valence-electron chi connectivity index (χ0n) is 22.8. The van der Waals surface area contributed by atoms with Gasteiger partial charge in [0, 0.05) is 47.5 Å². The van der Waals surface area contributed by atoms with Gasteiger partial charge in [0.1, 0.15) is 11.2 Å². The first-order chi connectivity index (χ1) is 20.8. The Morgan fingerprint density at radius 3 is 2.55 bits per heavy atom. The van der Waals surface area contributed by atoms with E-state index in [1.54, 1.807) is 30.0 Å². The van der Waals surface area contributed by atoms with E-state index in [0.717, 1.165) is 57.7 Å². The van der Waals surface area contributed by atoms with E-state index in [1.807, 2.05) is 30.6 Å². The van der Waals surface area contributed by atoms with E-state index >= 15 is 0 Å². The number of furan rings is 1. The van der Waals surface area contributed by atoms with Crippen molar-refractivity contribution in [2.24, 2.45) is 0 Å². The molecule has 8 rings (SSSR count). The fourth-order valence-electron chi connectivity index (χ4n) is 7.25. The maximum atomic E-state index is 6.82. The lowest BCUT2D eigenvalue weighted by molar-refractivity contribution is 0.0448. The number of aromatic nitrogens is 4. The Morgan fingerprint density at radius 2 is 1.81 bits per heavy atom. The van der Waals surface area contributed by atoms with E-state index in [4.69, 9.17) is 19.1 Å². The minimum absolute atomic E-state index is 0.187. The highest BCUT2D eigenvalue weighted by Gasteiger charge is 2.67. The van der Waals surface area contributed by atoms with Gasteiger partial charge in [-0.05, 0) is 77.2 Å². The summed E-state index contributed by atoms with van der Waals surface area (Å²) < 4.78 is 13.3. The molecule has 206 valence electrons. The highest BCUT2D eigenvalue weighted by atomic mass is 32.1. The fourth-order valence-corrected chi connectivity index (χ4v) is 8.29. The van der Waals surface area contributed by atoms with Gasteiger partial charge in [-0.3, -0.25) is 15.0 Å². The van der Waals surface area contributed by atoms with Gasteiger partial charge in [0.05, 0.1) is 29.2 Å². The first kappa shape index (κ1) is 25.1. The third-order valence-corrected chi connectivity index (χ3v) is 9.76. The van der Waals surface area contributed by atoms with Crippen LogP contribution >= 0.6 is 11.3 Å². The van der Waals surface area contributed by atoms with E-state index in [-0.39, 0.29) is 6.10 Å². The minimum Gasteiger partial charge on any atom is -0.468 e. The largest absolute Gasteiger partial charge is 0.468 e. The first-order valence-corrected chi connectivity index (χ1v) is 15.1. The SMILES string of the molecule is C1=C(c2ccccn2)C(c2cnccn2)(c2ccco2)C(c2cccs2)(C2CCCO2)C(c2cc3ccccc3[nH]2)=C1. The molecule has 6 heterocycles. The smallest absolute Gasteiger partial charge is 0.121 e. The number of hydrogen-bond donors (Lipinski definition) is 1. The van der Waals surface area contributed by atoms with Crippen LogP contribution in [-0.4, -0.2) is 32.6 Å². The molecule has 3 atom stereocenters. The molecule has 0 spiro atoms. The number of rotatable bonds is 6. The summed E-state index contributed by atoms with van der Waals surface area (Å²) in [6, 6.07) is 25.1. The number of H-pyrrole nitrogens is 1. The van der Waals surface area contributed by atoms with E-state index < -0.39 is 10.8 Å². The molecule has 5 aromatic heterocycles. The molecular weight excluding hydrogens is 540 g/mol. The Balaban J connectivity index is 1.58. The molecule has 42 heavy (non-hydrogen) atoms. The standard InChI is InChI=1S/C35H28N4O2S/c1-2-9-27-24(8-1)22-29(39-27)26-15-14-25(28-10-3-4-16-37-28)34(31-11-5-19-40-31,30-23-36-17-18-38-30)35(26,32-12-6-20-41-32)33-13-7-21-42-33/h1-5,7-11,13-19,21-23,32,39H,6,12,20H2. The number of aromatic amines is 1. The van der Waals surface area contributed by atoms with E-state index in [0.29, 0.717) is 6.61 Å². The molecule has 0 bridgehead atoms. The van der Waals surface area contributed by atoms with E-state index in [9.17, 15) is 0 Å². The van der Waals surface area contributed by atoms with Gasteiger partial charge in [0.15, 0.2) is 0 Å². The second kappa shape index (κ2) is 10.0. The van der Waals surface area contributed by atoms with Gasteiger partial charge in [-0.15, -0.1) is 11.3 Å². The predicted molar refractivity (Wildman–Crippen MR) is 165 cm³/mol. The summed E-state index contributed by atoms with van der Waals surface area (Å²) >= 11 is 1.74. The number of nitrogens with one attached hydrogen (secondary N) is 1. The summed E-state index contributed by atoms with van der Waals surface area (Å²) in [7, 11) is 0. The monoisotopic (exact) mass is 568 g/mol. The van der Waals surface area contributed by atoms with Crippen LogP contribution in [0.2, 0.25) is 0 Å². The Hall–Kier alpha value is -4.59. The van der Waals surface area contributed by atoms with Crippen molar-refractivity contribution in [2.45, 2.75) is 29.8 Å². The van der Waals surface area contributed by atoms with Crippen molar-refractivity contribution in [2.75, 3.05) is 6.61 Å². The number of fused-ring (bicyclic) bond motifs is 1. The molecule has 0 amide bonds. The zero-order valence-corrected chi connectivity index (χ0v) is 23.6. The average Bonchev–Trinajstić information content (AvgIpc) is 3.88. The van der Waals surface area contributed by atoms with Crippen molar-refractivity contribution in [3.63, 3.8) is 0 Å². The molecule has 1 fully saturated rings. The molecule has 7 heteroatoms. The van der Waals surface area contributed by atoms with Crippen molar-refractivity contribution in [3.05, 3.63) is 149 Å². The van der Waals surface area contributed by atoms with Crippen LogP contribution in [0.1, 0.15) is 40.6 Å². The molecule has 1 aliphatic heterocycles. The summed E-state index contributed by atoms with van der Waals surface area (Å²) in [5.41, 5.74) is 4.11. The number of allylic oxidation sites excluding steroid dienone is 3. The van der Waals surface area contributed by atoms with Crippen LogP contribution in [-0.2, 0) is 15.6 Å². The second-order valence-corrected chi connectivity index (χ2v) is 11.7. The Morgan fingerprint density at radius 1 is 0.881 bits per heavy atom. The van der Waals surface area contributed by atoms with E-state index in [2.05, 4.69) is 82.1 Å². The third kappa shape index (κ3) is 3.50. The van der Waals surface area contributed by atoms with Crippen LogP contribution in [0.15, 0.2) is 126 Å². The molecule has 1 aliphatic carbocycles. The number of hydrogen-bond acceptors (Lipinski definition) is 6. The predicted octanol–water partition coefficient (Wildman–Crippen LogP) is 7.59. The normalized spacial score (nSPS) is 24.0. The molecule has 6 aromatic rings. The van der Waals surface area contributed by atoms with Crippen LogP contribution in [0, 0.1) is 0 Å². The van der Waals surface area contributed by atoms with Crippen molar-refractivity contribution >= 4 is 33.4 Å². The van der Waals surface area contributed by atoms with Crippen molar-refractivity contribution in [1.82, 2.24) is 19.9 Å². The van der Waals surface area contributed by atoms with Crippen molar-refractivity contribution < 1.29 is 9.15 Å². The van der Waals surface area contributed by atoms with Gasteiger partial charge >= 0.3 is 0 Å². The summed E-state index contributed by atoms with van der Waals surface area (Å²) in [6.45, 7) is 0.690. The molecule has 2 aliphatic rings. The average molecular weight is 569 g/mol. The third-order valence-electron chi connectivity index (χ3n) is 8.76. The Labute approximate surface area is 247 Å². The molecule has 0 saturated carbocycles. The number of ether oxygens (including phenoxy) is 1. The fraction of sp³-hybridized carbons (Fsp3) is 0.171. The number of pyridine rings is 1. The Bertz CT molecular complexity index is 1860. The maximum Gasteiger partial charge on any atom is 0.121 e. The van der Waals surface area contributed by atoms with Gasteiger partial charge in [-0.1, -0.05) is 42.5 Å². The molecule has 3 unspecified atom stereocenters. The quantitative estimate of drug-likeness (QED) is 0.224. The first-order valence-electron chi connectivity index (χ1n) is 14.2. The van der Waals surface area contributed by atoms with Crippen LogP contribution in [0.4, 0.5) is 0 Å².